The fourth-order valence-corrected chi connectivity index (χ4v) is 2.84. The number of aromatic nitrogens is 1. The molecular weight excluding hydrogens is 300 g/mol. The fraction of sp³-hybridized carbons (Fsp3) is 0.300. The van der Waals surface area contributed by atoms with E-state index in [-0.39, 0.29) is 5.91 Å². The predicted molar refractivity (Wildman–Crippen MR) is 92.9 cm³/mol. The minimum Gasteiger partial charge on any atom is -0.501 e. The second-order valence-electron chi connectivity index (χ2n) is 6.09. The molecule has 3 rings (SSSR count). The van der Waals surface area contributed by atoms with Crippen molar-refractivity contribution >= 4 is 5.91 Å². The van der Waals surface area contributed by atoms with Crippen LogP contribution in [-0.4, -0.2) is 22.4 Å². The maximum Gasteiger partial charge on any atom is 0.253 e. The molecule has 0 radical (unpaired) electrons. The highest BCUT2D eigenvalue weighted by Crippen LogP contribution is 2.18. The summed E-state index contributed by atoms with van der Waals surface area (Å²) < 4.78 is 5.35. The van der Waals surface area contributed by atoms with E-state index < -0.39 is 0 Å². The number of hydrogen-bond donors (Lipinski definition) is 0. The molecule has 24 heavy (non-hydrogen) atoms. The lowest BCUT2D eigenvalue weighted by atomic mass is 10.1. The second-order valence-corrected chi connectivity index (χ2v) is 6.09. The van der Waals surface area contributed by atoms with Crippen LogP contribution in [0, 0.1) is 6.92 Å². The highest BCUT2D eigenvalue weighted by atomic mass is 16.5. The van der Waals surface area contributed by atoms with E-state index in [1.54, 1.807) is 12.5 Å². The summed E-state index contributed by atoms with van der Waals surface area (Å²) >= 11 is 0. The van der Waals surface area contributed by atoms with Gasteiger partial charge in [0.2, 0.25) is 0 Å². The maximum atomic E-state index is 12.9. The molecule has 2 aromatic rings. The van der Waals surface area contributed by atoms with Crippen LogP contribution in [0.3, 0.4) is 0 Å². The molecule has 124 valence electrons. The second kappa shape index (κ2) is 7.77. The van der Waals surface area contributed by atoms with Gasteiger partial charge in [-0.05, 0) is 37.5 Å². The summed E-state index contributed by atoms with van der Waals surface area (Å²) in [5.74, 6) is 0.0295. The van der Waals surface area contributed by atoms with Gasteiger partial charge in [0.05, 0.1) is 30.7 Å². The molecule has 2 heterocycles. The molecule has 4 nitrogen and oxygen atoms in total. The average Bonchev–Trinajstić information content (AvgIpc) is 2.62. The zero-order valence-electron chi connectivity index (χ0n) is 13.9. The Hall–Kier alpha value is -2.62. The third-order valence-electron chi connectivity index (χ3n) is 4.03. The standard InChI is InChI=1S/C20H22N2O2/c1-16-6-4-7-17(12-16)13-22(14-19-9-2-3-10-21-19)20(23)18-8-5-11-24-15-18/h2-4,6-7,9-10,12,15H,5,8,11,13-14H2,1H3. The van der Waals surface area contributed by atoms with Crippen LogP contribution in [0.4, 0.5) is 0 Å². The van der Waals surface area contributed by atoms with E-state index in [9.17, 15) is 4.79 Å². The first-order valence-electron chi connectivity index (χ1n) is 8.28. The number of nitrogens with zero attached hydrogens (tertiary/aromatic N) is 2. The third-order valence-corrected chi connectivity index (χ3v) is 4.03. The van der Waals surface area contributed by atoms with Gasteiger partial charge < -0.3 is 9.64 Å². The minimum atomic E-state index is 0.0295. The number of carbonyl (C=O) groups excluding carboxylic acids is 1. The van der Waals surface area contributed by atoms with E-state index in [1.165, 1.54) is 5.56 Å². The topological polar surface area (TPSA) is 42.4 Å². The Kier molecular flexibility index (Phi) is 5.26. The molecule has 1 aliphatic heterocycles. The molecule has 0 atom stereocenters. The van der Waals surface area contributed by atoms with Crippen molar-refractivity contribution in [2.45, 2.75) is 32.9 Å². The summed E-state index contributed by atoms with van der Waals surface area (Å²) in [5.41, 5.74) is 3.94. The molecule has 1 amide bonds. The van der Waals surface area contributed by atoms with E-state index in [2.05, 4.69) is 30.1 Å². The van der Waals surface area contributed by atoms with Crippen LogP contribution < -0.4 is 0 Å². The van der Waals surface area contributed by atoms with Gasteiger partial charge in [-0.25, -0.2) is 0 Å². The number of amides is 1. The molecule has 0 N–H and O–H groups in total. The molecule has 0 spiro atoms. The molecule has 1 aromatic carbocycles. The van der Waals surface area contributed by atoms with E-state index in [0.717, 1.165) is 29.7 Å². The molecular formula is C20H22N2O2. The van der Waals surface area contributed by atoms with E-state index in [4.69, 9.17) is 4.74 Å². The molecule has 4 heteroatoms. The zero-order chi connectivity index (χ0) is 16.8. The lowest BCUT2D eigenvalue weighted by molar-refractivity contribution is -0.129. The van der Waals surface area contributed by atoms with Crippen LogP contribution in [0.1, 0.15) is 29.7 Å². The van der Waals surface area contributed by atoms with Gasteiger partial charge in [0, 0.05) is 12.7 Å². The van der Waals surface area contributed by atoms with Gasteiger partial charge in [0.25, 0.3) is 5.91 Å². The van der Waals surface area contributed by atoms with Gasteiger partial charge in [0.15, 0.2) is 0 Å². The molecule has 1 aliphatic rings. The summed E-state index contributed by atoms with van der Waals surface area (Å²) in [6.45, 7) is 3.81. The Bertz CT molecular complexity index is 725. The van der Waals surface area contributed by atoms with Gasteiger partial charge in [-0.15, -0.1) is 0 Å². The number of aryl methyl sites for hydroxylation is 1. The lowest BCUT2D eigenvalue weighted by Gasteiger charge is -2.25. The molecule has 0 unspecified atom stereocenters. The third kappa shape index (κ3) is 4.22. The quantitative estimate of drug-likeness (QED) is 0.844. The molecule has 0 fully saturated rings. The van der Waals surface area contributed by atoms with Crippen LogP contribution in [0.25, 0.3) is 0 Å². The van der Waals surface area contributed by atoms with Crippen molar-refractivity contribution in [2.75, 3.05) is 6.61 Å². The monoisotopic (exact) mass is 322 g/mol. The minimum absolute atomic E-state index is 0.0295. The Balaban J connectivity index is 1.82. The van der Waals surface area contributed by atoms with Crippen LogP contribution >= 0.6 is 0 Å². The summed E-state index contributed by atoms with van der Waals surface area (Å²) in [4.78, 5) is 19.1. The first kappa shape index (κ1) is 16.2. The van der Waals surface area contributed by atoms with Crippen molar-refractivity contribution in [3.63, 3.8) is 0 Å². The SMILES string of the molecule is Cc1cccc(CN(Cc2ccccn2)C(=O)C2=COCCC2)c1. The number of hydrogen-bond acceptors (Lipinski definition) is 3. The normalized spacial score (nSPS) is 13.8. The Morgan fingerprint density at radius 2 is 2.12 bits per heavy atom. The summed E-state index contributed by atoms with van der Waals surface area (Å²) in [7, 11) is 0. The Labute approximate surface area is 142 Å². The van der Waals surface area contributed by atoms with Crippen molar-refractivity contribution in [3.8, 4) is 0 Å². The van der Waals surface area contributed by atoms with Crippen LogP contribution in [0.15, 0.2) is 60.5 Å². The molecule has 0 aliphatic carbocycles. The van der Waals surface area contributed by atoms with Crippen molar-refractivity contribution < 1.29 is 9.53 Å². The average molecular weight is 322 g/mol. The van der Waals surface area contributed by atoms with E-state index >= 15 is 0 Å². The van der Waals surface area contributed by atoms with E-state index in [0.29, 0.717) is 19.7 Å². The predicted octanol–water partition coefficient (Wildman–Crippen LogP) is 3.61. The highest BCUT2D eigenvalue weighted by molar-refractivity contribution is 5.93. The first-order valence-corrected chi connectivity index (χ1v) is 8.28. The zero-order valence-corrected chi connectivity index (χ0v) is 13.9. The maximum absolute atomic E-state index is 12.9. The number of ether oxygens (including phenoxy) is 1. The number of rotatable bonds is 5. The van der Waals surface area contributed by atoms with Gasteiger partial charge in [-0.3, -0.25) is 9.78 Å². The number of benzene rings is 1. The van der Waals surface area contributed by atoms with E-state index in [1.807, 2.05) is 29.2 Å². The largest absolute Gasteiger partial charge is 0.501 e. The molecule has 0 saturated heterocycles. The molecule has 0 saturated carbocycles. The van der Waals surface area contributed by atoms with Gasteiger partial charge in [0.1, 0.15) is 0 Å². The smallest absolute Gasteiger partial charge is 0.253 e. The van der Waals surface area contributed by atoms with Crippen LogP contribution in [-0.2, 0) is 22.6 Å². The van der Waals surface area contributed by atoms with Crippen molar-refractivity contribution in [1.82, 2.24) is 9.88 Å². The summed E-state index contributed by atoms with van der Waals surface area (Å²) in [6, 6.07) is 14.0. The van der Waals surface area contributed by atoms with Crippen LogP contribution in [0.2, 0.25) is 0 Å². The summed E-state index contributed by atoms with van der Waals surface area (Å²) in [6.07, 6.45) is 5.03. The van der Waals surface area contributed by atoms with Gasteiger partial charge in [-0.2, -0.15) is 0 Å². The first-order chi connectivity index (χ1) is 11.7. The molecule has 0 bridgehead atoms. The van der Waals surface area contributed by atoms with Crippen molar-refractivity contribution in [2.24, 2.45) is 0 Å². The Morgan fingerprint density at radius 1 is 1.21 bits per heavy atom. The lowest BCUT2D eigenvalue weighted by Crippen LogP contribution is -2.32. The Morgan fingerprint density at radius 3 is 2.83 bits per heavy atom. The number of pyridine rings is 1. The summed E-state index contributed by atoms with van der Waals surface area (Å²) in [5, 5.41) is 0. The van der Waals surface area contributed by atoms with Crippen molar-refractivity contribution in [3.05, 3.63) is 77.3 Å². The van der Waals surface area contributed by atoms with Crippen LogP contribution in [0.5, 0.6) is 0 Å². The fourth-order valence-electron chi connectivity index (χ4n) is 2.84. The van der Waals surface area contributed by atoms with Gasteiger partial charge >= 0.3 is 0 Å². The molecule has 1 aromatic heterocycles. The highest BCUT2D eigenvalue weighted by Gasteiger charge is 2.21. The number of carbonyl (C=O) groups is 1. The van der Waals surface area contributed by atoms with Crippen molar-refractivity contribution in [1.29, 1.82) is 0 Å². The van der Waals surface area contributed by atoms with Gasteiger partial charge in [-0.1, -0.05) is 35.9 Å².